The van der Waals surface area contributed by atoms with Gasteiger partial charge in [0.1, 0.15) is 24.2 Å². The first kappa shape index (κ1) is 33.7. The average molecular weight is 549 g/mol. The maximum absolute atomic E-state index is 12.8. The Labute approximate surface area is 214 Å². The summed E-state index contributed by atoms with van der Waals surface area (Å²) in [6.07, 6.45) is -3.43. The Kier molecular flexibility index (Phi) is 15.2. The third kappa shape index (κ3) is 14.3. The van der Waals surface area contributed by atoms with Crippen molar-refractivity contribution in [2.24, 2.45) is 5.73 Å². The Morgan fingerprint density at radius 1 is 0.605 bits per heavy atom. The van der Waals surface area contributed by atoms with E-state index >= 15 is 0 Å². The van der Waals surface area contributed by atoms with Crippen molar-refractivity contribution in [3.8, 4) is 0 Å². The van der Waals surface area contributed by atoms with Gasteiger partial charge in [0.15, 0.2) is 0 Å². The van der Waals surface area contributed by atoms with Crippen molar-refractivity contribution in [1.82, 2.24) is 21.3 Å². The molecule has 0 rings (SSSR count). The first-order valence-electron chi connectivity index (χ1n) is 11.1. The number of carboxylic acid groups (broad SMARTS) is 4. The summed E-state index contributed by atoms with van der Waals surface area (Å²) in [5.74, 6) is -9.79. The number of aliphatic hydroxyl groups excluding tert-OH is 1. The molecule has 18 nitrogen and oxygen atoms in total. The molecular formula is C20H31N5O13. The van der Waals surface area contributed by atoms with Crippen LogP contribution in [0.5, 0.6) is 0 Å². The van der Waals surface area contributed by atoms with Gasteiger partial charge in [0.2, 0.25) is 23.6 Å². The fraction of sp³-hybridized carbons (Fsp3) is 0.600. The van der Waals surface area contributed by atoms with Crippen LogP contribution in [0.15, 0.2) is 0 Å². The van der Waals surface area contributed by atoms with Crippen molar-refractivity contribution in [3.05, 3.63) is 0 Å². The van der Waals surface area contributed by atoms with Gasteiger partial charge in [-0.25, -0.2) is 4.79 Å². The number of carbonyl (C=O) groups is 8. The molecule has 0 fully saturated rings. The van der Waals surface area contributed by atoms with Crippen LogP contribution in [0.2, 0.25) is 0 Å². The number of rotatable bonds is 19. The number of amides is 4. The van der Waals surface area contributed by atoms with E-state index in [-0.39, 0.29) is 0 Å². The van der Waals surface area contributed by atoms with Crippen LogP contribution < -0.4 is 27.0 Å². The summed E-state index contributed by atoms with van der Waals surface area (Å²) >= 11 is 0. The number of aliphatic carboxylic acids is 4. The zero-order valence-corrected chi connectivity index (χ0v) is 20.0. The minimum absolute atomic E-state index is 0.485. The lowest BCUT2D eigenvalue weighted by molar-refractivity contribution is -0.144. The van der Waals surface area contributed by atoms with Crippen molar-refractivity contribution in [3.63, 3.8) is 0 Å². The number of aliphatic hydroxyl groups is 1. The lowest BCUT2D eigenvalue weighted by Crippen LogP contribution is -2.56. The Morgan fingerprint density at radius 2 is 1.00 bits per heavy atom. The highest BCUT2D eigenvalue weighted by atomic mass is 16.4. The van der Waals surface area contributed by atoms with Crippen LogP contribution in [0.1, 0.15) is 38.5 Å². The fourth-order valence-corrected chi connectivity index (χ4v) is 2.77. The molecule has 0 bridgehead atoms. The first-order chi connectivity index (χ1) is 17.7. The maximum Gasteiger partial charge on any atom is 0.326 e. The molecule has 38 heavy (non-hydrogen) atoms. The molecule has 0 unspecified atom stereocenters. The number of nitrogens with one attached hydrogen (secondary N) is 4. The van der Waals surface area contributed by atoms with E-state index in [4.69, 9.17) is 26.2 Å². The average Bonchev–Trinajstić information content (AvgIpc) is 2.83. The molecule has 0 saturated heterocycles. The third-order valence-corrected chi connectivity index (χ3v) is 4.80. The zero-order chi connectivity index (χ0) is 29.4. The first-order valence-corrected chi connectivity index (χ1v) is 11.1. The number of nitrogens with two attached hydrogens (primary N) is 1. The van der Waals surface area contributed by atoms with Crippen LogP contribution >= 0.6 is 0 Å². The molecule has 4 atom stereocenters. The Bertz CT molecular complexity index is 910. The summed E-state index contributed by atoms with van der Waals surface area (Å²) in [5, 5.41) is 53.0. The lowest BCUT2D eigenvalue weighted by atomic mass is 10.1. The monoisotopic (exact) mass is 549 g/mol. The van der Waals surface area contributed by atoms with Gasteiger partial charge in [0.25, 0.3) is 0 Å². The Morgan fingerprint density at radius 3 is 1.39 bits per heavy atom. The molecule has 0 aromatic heterocycles. The predicted octanol–water partition coefficient (Wildman–Crippen LogP) is -4.44. The summed E-state index contributed by atoms with van der Waals surface area (Å²) in [6, 6.07) is -6.24. The number of carbonyl (C=O) groups excluding carboxylic acids is 4. The van der Waals surface area contributed by atoms with Crippen molar-refractivity contribution in [2.45, 2.75) is 62.7 Å². The van der Waals surface area contributed by atoms with Gasteiger partial charge in [-0.05, 0) is 19.3 Å². The van der Waals surface area contributed by atoms with Crippen LogP contribution in [0, 0.1) is 0 Å². The van der Waals surface area contributed by atoms with E-state index in [0.717, 1.165) is 0 Å². The minimum Gasteiger partial charge on any atom is -0.481 e. The minimum atomic E-state index is -1.68. The lowest BCUT2D eigenvalue weighted by Gasteiger charge is -2.24. The molecule has 0 spiro atoms. The normalized spacial score (nSPS) is 13.6. The van der Waals surface area contributed by atoms with Crippen LogP contribution in [0.3, 0.4) is 0 Å². The molecule has 4 amide bonds. The smallest absolute Gasteiger partial charge is 0.326 e. The summed E-state index contributed by atoms with van der Waals surface area (Å²) in [7, 11) is 0. The molecule has 18 heteroatoms. The van der Waals surface area contributed by atoms with E-state index in [1.807, 2.05) is 5.32 Å². The van der Waals surface area contributed by atoms with Gasteiger partial charge < -0.3 is 52.5 Å². The van der Waals surface area contributed by atoms with Crippen LogP contribution in [-0.4, -0.2) is 110 Å². The third-order valence-electron chi connectivity index (χ3n) is 4.80. The van der Waals surface area contributed by atoms with Gasteiger partial charge in [-0.3, -0.25) is 33.6 Å². The van der Waals surface area contributed by atoms with Crippen molar-refractivity contribution in [2.75, 3.05) is 13.2 Å². The summed E-state index contributed by atoms with van der Waals surface area (Å²) in [4.78, 5) is 93.2. The van der Waals surface area contributed by atoms with Crippen molar-refractivity contribution < 1.29 is 63.9 Å². The van der Waals surface area contributed by atoms with Gasteiger partial charge in [-0.2, -0.15) is 0 Å². The molecule has 0 aliphatic heterocycles. The zero-order valence-electron chi connectivity index (χ0n) is 20.0. The molecule has 0 aromatic carbocycles. The fourth-order valence-electron chi connectivity index (χ4n) is 2.77. The molecule has 0 aliphatic carbocycles. The second kappa shape index (κ2) is 17.2. The van der Waals surface area contributed by atoms with E-state index in [9.17, 15) is 43.5 Å². The van der Waals surface area contributed by atoms with Crippen molar-refractivity contribution in [1.29, 1.82) is 0 Å². The molecule has 0 radical (unpaired) electrons. The molecule has 0 aromatic rings. The molecule has 0 aliphatic rings. The van der Waals surface area contributed by atoms with Crippen LogP contribution in [-0.2, 0) is 38.4 Å². The van der Waals surface area contributed by atoms with E-state index in [1.54, 1.807) is 0 Å². The van der Waals surface area contributed by atoms with Gasteiger partial charge in [-0.1, -0.05) is 0 Å². The highest BCUT2D eigenvalue weighted by molar-refractivity contribution is 5.94. The van der Waals surface area contributed by atoms with E-state index in [0.29, 0.717) is 0 Å². The molecule has 214 valence electrons. The summed E-state index contributed by atoms with van der Waals surface area (Å²) < 4.78 is 0. The highest BCUT2D eigenvalue weighted by Crippen LogP contribution is 2.05. The molecule has 0 saturated carbocycles. The second-order valence-electron chi connectivity index (χ2n) is 7.88. The van der Waals surface area contributed by atoms with E-state index in [2.05, 4.69) is 16.0 Å². The molecule has 11 N–H and O–H groups in total. The van der Waals surface area contributed by atoms with E-state index < -0.39 is 123 Å². The number of carboxylic acids is 4. The van der Waals surface area contributed by atoms with Crippen molar-refractivity contribution >= 4 is 47.5 Å². The van der Waals surface area contributed by atoms with E-state index in [1.165, 1.54) is 0 Å². The maximum atomic E-state index is 12.8. The molecular weight excluding hydrogens is 518 g/mol. The topological polar surface area (TPSA) is 312 Å². The summed E-state index contributed by atoms with van der Waals surface area (Å²) in [6.45, 7) is -1.42. The van der Waals surface area contributed by atoms with Gasteiger partial charge in [-0.15, -0.1) is 0 Å². The van der Waals surface area contributed by atoms with Crippen LogP contribution in [0.4, 0.5) is 0 Å². The Hall–Kier alpha value is -4.32. The summed E-state index contributed by atoms with van der Waals surface area (Å²) in [5.41, 5.74) is 5.28. The number of hydrogen-bond donors (Lipinski definition) is 10. The quantitative estimate of drug-likeness (QED) is 0.0727. The second-order valence-corrected chi connectivity index (χ2v) is 7.88. The largest absolute Gasteiger partial charge is 0.481 e. The van der Waals surface area contributed by atoms with Gasteiger partial charge >= 0.3 is 23.9 Å². The van der Waals surface area contributed by atoms with Crippen LogP contribution in [0.25, 0.3) is 0 Å². The SMILES string of the molecule is N[C@@H](CO)C(=O)NCC(=O)N[C@@H](CCC(=O)O)C(=O)N[C@@H](CCC(=O)O)C(=O)N[C@@H](CCC(=O)O)C(=O)O. The molecule has 0 heterocycles. The Balaban J connectivity index is 5.57. The predicted molar refractivity (Wildman–Crippen MR) is 122 cm³/mol. The highest BCUT2D eigenvalue weighted by Gasteiger charge is 2.30. The number of hydrogen-bond acceptors (Lipinski definition) is 10. The van der Waals surface area contributed by atoms with Gasteiger partial charge in [0, 0.05) is 19.3 Å². The van der Waals surface area contributed by atoms with Gasteiger partial charge in [0.05, 0.1) is 13.2 Å². The standard InChI is InChI=1S/C20H31N5O13/c21-9(8-26)17(34)22-7-13(27)23-10(1-4-14(28)29)18(35)24-11(2-5-15(30)31)19(36)25-12(20(37)38)3-6-16(32)33/h9-12,26H,1-8,21H2,(H,22,34)(H,23,27)(H,24,35)(H,25,36)(H,28,29)(H,30,31)(H,32,33)(H,37,38)/t9-,10-,11-,12-/m0/s1.